The molecule has 1 saturated heterocycles. The minimum atomic E-state index is -0.924. The maximum Gasteiger partial charge on any atom is 0.407 e. The first kappa shape index (κ1) is 12.7. The van der Waals surface area contributed by atoms with Gasteiger partial charge < -0.3 is 10.0 Å². The number of anilines is 1. The Morgan fingerprint density at radius 1 is 1.48 bits per heavy atom. The SMILES string of the molecule is C[C@H]1Cn2ncc(N3CC4(CC4)CC3=O)c2CN1C(=O)O. The fraction of sp³-hybridized carbons (Fsp3) is 0.643. The molecule has 0 unspecified atom stereocenters. The number of hydrogen-bond acceptors (Lipinski definition) is 3. The highest BCUT2D eigenvalue weighted by Gasteiger charge is 2.52. The molecule has 1 aromatic rings. The van der Waals surface area contributed by atoms with Gasteiger partial charge in [-0.3, -0.25) is 14.4 Å². The Balaban J connectivity index is 1.67. The van der Waals surface area contributed by atoms with E-state index in [-0.39, 0.29) is 17.4 Å². The number of carbonyl (C=O) groups excluding carboxylic acids is 1. The number of aromatic nitrogens is 2. The third-order valence-electron chi connectivity index (χ3n) is 5.03. The van der Waals surface area contributed by atoms with E-state index in [2.05, 4.69) is 5.10 Å². The summed E-state index contributed by atoms with van der Waals surface area (Å²) in [6.07, 6.45) is 3.66. The molecule has 7 heteroatoms. The van der Waals surface area contributed by atoms with Gasteiger partial charge in [0.1, 0.15) is 0 Å². The van der Waals surface area contributed by atoms with Crippen molar-refractivity contribution in [2.75, 3.05) is 11.4 Å². The Morgan fingerprint density at radius 3 is 2.86 bits per heavy atom. The molecule has 3 aliphatic rings. The van der Waals surface area contributed by atoms with Crippen LogP contribution in [-0.4, -0.2) is 44.4 Å². The van der Waals surface area contributed by atoms with Gasteiger partial charge in [0.15, 0.2) is 0 Å². The molecule has 1 saturated carbocycles. The van der Waals surface area contributed by atoms with Gasteiger partial charge in [0.2, 0.25) is 5.91 Å². The van der Waals surface area contributed by atoms with Gasteiger partial charge >= 0.3 is 6.09 Å². The maximum atomic E-state index is 12.3. The highest BCUT2D eigenvalue weighted by Crippen LogP contribution is 2.54. The Morgan fingerprint density at radius 2 is 2.24 bits per heavy atom. The molecule has 21 heavy (non-hydrogen) atoms. The fourth-order valence-corrected chi connectivity index (χ4v) is 3.50. The number of carbonyl (C=O) groups is 2. The zero-order chi connectivity index (χ0) is 14.8. The zero-order valence-corrected chi connectivity index (χ0v) is 11.9. The molecule has 2 aliphatic heterocycles. The number of amides is 2. The van der Waals surface area contributed by atoms with Gasteiger partial charge in [0.05, 0.1) is 36.7 Å². The summed E-state index contributed by atoms with van der Waals surface area (Å²) in [6.45, 7) is 3.46. The minimum absolute atomic E-state index is 0.105. The van der Waals surface area contributed by atoms with Crippen molar-refractivity contribution in [3.8, 4) is 0 Å². The van der Waals surface area contributed by atoms with Crippen LogP contribution in [0.25, 0.3) is 0 Å². The summed E-state index contributed by atoms with van der Waals surface area (Å²) in [5, 5.41) is 13.6. The highest BCUT2D eigenvalue weighted by molar-refractivity contribution is 5.97. The number of hydrogen-bond donors (Lipinski definition) is 1. The van der Waals surface area contributed by atoms with Crippen LogP contribution >= 0.6 is 0 Å². The summed E-state index contributed by atoms with van der Waals surface area (Å²) in [4.78, 5) is 26.8. The van der Waals surface area contributed by atoms with E-state index in [4.69, 9.17) is 0 Å². The van der Waals surface area contributed by atoms with Crippen LogP contribution in [0.1, 0.15) is 31.9 Å². The molecule has 112 valence electrons. The van der Waals surface area contributed by atoms with Crippen LogP contribution in [0.15, 0.2) is 6.20 Å². The third-order valence-corrected chi connectivity index (χ3v) is 5.03. The predicted octanol–water partition coefficient (Wildman–Crippen LogP) is 1.28. The number of fused-ring (bicyclic) bond motifs is 1. The van der Waals surface area contributed by atoms with Gasteiger partial charge in [0, 0.05) is 13.0 Å². The summed E-state index contributed by atoms with van der Waals surface area (Å²) in [6, 6.07) is -0.105. The van der Waals surface area contributed by atoms with E-state index in [1.165, 1.54) is 4.90 Å². The second-order valence-corrected chi connectivity index (χ2v) is 6.57. The summed E-state index contributed by atoms with van der Waals surface area (Å²) in [5.41, 5.74) is 1.82. The van der Waals surface area contributed by atoms with Gasteiger partial charge in [-0.1, -0.05) is 0 Å². The molecule has 7 nitrogen and oxygen atoms in total. The largest absolute Gasteiger partial charge is 0.465 e. The third kappa shape index (κ3) is 1.83. The van der Waals surface area contributed by atoms with Gasteiger partial charge in [-0.25, -0.2) is 4.79 Å². The van der Waals surface area contributed by atoms with E-state index in [9.17, 15) is 14.7 Å². The number of rotatable bonds is 1. The second-order valence-electron chi connectivity index (χ2n) is 6.57. The predicted molar refractivity (Wildman–Crippen MR) is 73.9 cm³/mol. The van der Waals surface area contributed by atoms with Crippen molar-refractivity contribution in [3.05, 3.63) is 11.9 Å². The highest BCUT2D eigenvalue weighted by atomic mass is 16.4. The molecule has 4 rings (SSSR count). The van der Waals surface area contributed by atoms with Crippen molar-refractivity contribution in [2.45, 2.75) is 45.3 Å². The van der Waals surface area contributed by atoms with Crippen LogP contribution in [0.2, 0.25) is 0 Å². The van der Waals surface area contributed by atoms with E-state index in [0.29, 0.717) is 19.5 Å². The monoisotopic (exact) mass is 290 g/mol. The van der Waals surface area contributed by atoms with Crippen molar-refractivity contribution in [1.82, 2.24) is 14.7 Å². The molecule has 2 amide bonds. The number of carboxylic acid groups (broad SMARTS) is 1. The summed E-state index contributed by atoms with van der Waals surface area (Å²) < 4.78 is 1.84. The fourth-order valence-electron chi connectivity index (χ4n) is 3.50. The van der Waals surface area contributed by atoms with Crippen LogP contribution in [0.4, 0.5) is 10.5 Å². The van der Waals surface area contributed by atoms with Gasteiger partial charge in [-0.05, 0) is 25.2 Å². The lowest BCUT2D eigenvalue weighted by molar-refractivity contribution is -0.117. The standard InChI is InChI=1S/C14H18N4O3/c1-9-6-18-11(7-16(9)13(20)21)10(5-15-18)17-8-14(2-3-14)4-12(17)19/h5,9H,2-4,6-8H2,1H3,(H,20,21)/t9-/m0/s1. The first-order valence-corrected chi connectivity index (χ1v) is 7.34. The van der Waals surface area contributed by atoms with Crippen molar-refractivity contribution < 1.29 is 14.7 Å². The summed E-state index contributed by atoms with van der Waals surface area (Å²) >= 11 is 0. The Hall–Kier alpha value is -2.05. The average Bonchev–Trinajstić information content (AvgIpc) is 2.92. The molecule has 0 radical (unpaired) electrons. The molecule has 1 aliphatic carbocycles. The van der Waals surface area contributed by atoms with E-state index in [0.717, 1.165) is 30.8 Å². The molecular formula is C14H18N4O3. The Kier molecular flexibility index (Phi) is 2.41. The average molecular weight is 290 g/mol. The molecular weight excluding hydrogens is 272 g/mol. The minimum Gasteiger partial charge on any atom is -0.465 e. The van der Waals surface area contributed by atoms with Gasteiger partial charge in [-0.2, -0.15) is 5.10 Å². The van der Waals surface area contributed by atoms with Crippen molar-refractivity contribution in [2.24, 2.45) is 5.41 Å². The smallest absolute Gasteiger partial charge is 0.407 e. The topological polar surface area (TPSA) is 78.7 Å². The molecule has 2 fully saturated rings. The van der Waals surface area contributed by atoms with Crippen molar-refractivity contribution in [1.29, 1.82) is 0 Å². The number of nitrogens with zero attached hydrogens (tertiary/aromatic N) is 4. The first-order valence-electron chi connectivity index (χ1n) is 7.34. The van der Waals surface area contributed by atoms with Gasteiger partial charge in [0.25, 0.3) is 0 Å². The van der Waals surface area contributed by atoms with Crippen LogP contribution in [0, 0.1) is 5.41 Å². The van der Waals surface area contributed by atoms with Crippen LogP contribution in [0.3, 0.4) is 0 Å². The zero-order valence-electron chi connectivity index (χ0n) is 11.9. The molecule has 1 aromatic heterocycles. The quantitative estimate of drug-likeness (QED) is 0.845. The lowest BCUT2D eigenvalue weighted by atomic mass is 10.1. The summed E-state index contributed by atoms with van der Waals surface area (Å²) in [5.74, 6) is 0.142. The van der Waals surface area contributed by atoms with E-state index >= 15 is 0 Å². The molecule has 3 heterocycles. The lowest BCUT2D eigenvalue weighted by Gasteiger charge is -2.32. The van der Waals surface area contributed by atoms with E-state index in [1.54, 1.807) is 6.20 Å². The molecule has 1 N–H and O–H groups in total. The van der Waals surface area contributed by atoms with E-state index < -0.39 is 6.09 Å². The Labute approximate surface area is 122 Å². The maximum absolute atomic E-state index is 12.3. The van der Waals surface area contributed by atoms with Gasteiger partial charge in [-0.15, -0.1) is 0 Å². The van der Waals surface area contributed by atoms with E-state index in [1.807, 2.05) is 16.5 Å². The second kappa shape index (κ2) is 3.99. The molecule has 1 atom stereocenters. The molecule has 0 bridgehead atoms. The Bertz CT molecular complexity index is 634. The normalized spacial score (nSPS) is 26.3. The summed E-state index contributed by atoms with van der Waals surface area (Å²) in [7, 11) is 0. The van der Waals surface area contributed by atoms with Crippen LogP contribution < -0.4 is 4.90 Å². The van der Waals surface area contributed by atoms with Crippen LogP contribution in [-0.2, 0) is 17.9 Å². The van der Waals surface area contributed by atoms with Crippen LogP contribution in [0.5, 0.6) is 0 Å². The first-order chi connectivity index (χ1) is 9.99. The molecule has 0 aromatic carbocycles. The lowest BCUT2D eigenvalue weighted by Crippen LogP contribution is -2.44. The van der Waals surface area contributed by atoms with Crippen molar-refractivity contribution >= 4 is 17.7 Å². The molecule has 1 spiro atoms. The van der Waals surface area contributed by atoms with Crippen molar-refractivity contribution in [3.63, 3.8) is 0 Å².